The van der Waals surface area contributed by atoms with Gasteiger partial charge in [-0.3, -0.25) is 9.79 Å². The number of benzene rings is 1. The largest absolute Gasteiger partial charge is 0.497 e. The second-order valence-electron chi connectivity index (χ2n) is 6.12. The van der Waals surface area contributed by atoms with E-state index in [4.69, 9.17) is 14.2 Å². The van der Waals surface area contributed by atoms with Gasteiger partial charge in [-0.1, -0.05) is 0 Å². The van der Waals surface area contributed by atoms with Crippen LogP contribution in [0.5, 0.6) is 11.5 Å². The molecule has 0 aromatic heterocycles. The number of ether oxygens (including phenoxy) is 3. The Balaban J connectivity index is 0.00000364. The standard InChI is InChI=1S/C19H29N3O4.HI/c1-5-26-18(23)15-7-6-10-22(13-15)19(20-2)21-12-14-8-9-16(24-3)11-17(14)25-4;/h8-9,11,15H,5-7,10,12-13H2,1-4H3,(H,20,21);1H. The van der Waals surface area contributed by atoms with Gasteiger partial charge in [0.1, 0.15) is 11.5 Å². The highest BCUT2D eigenvalue weighted by atomic mass is 127. The molecule has 152 valence electrons. The van der Waals surface area contributed by atoms with Gasteiger partial charge in [0, 0.05) is 38.3 Å². The maximum Gasteiger partial charge on any atom is 0.310 e. The molecule has 27 heavy (non-hydrogen) atoms. The molecule has 1 saturated heterocycles. The lowest BCUT2D eigenvalue weighted by atomic mass is 9.98. The molecule has 0 radical (unpaired) electrons. The van der Waals surface area contributed by atoms with Crippen molar-refractivity contribution in [1.82, 2.24) is 10.2 Å². The third-order valence-corrected chi connectivity index (χ3v) is 4.48. The SMILES string of the molecule is CCOC(=O)C1CCCN(C(=NC)NCc2ccc(OC)cc2OC)C1.I. The monoisotopic (exact) mass is 491 g/mol. The quantitative estimate of drug-likeness (QED) is 0.286. The van der Waals surface area contributed by atoms with Crippen LogP contribution >= 0.6 is 24.0 Å². The summed E-state index contributed by atoms with van der Waals surface area (Å²) < 4.78 is 15.8. The average Bonchev–Trinajstić information content (AvgIpc) is 2.69. The third-order valence-electron chi connectivity index (χ3n) is 4.48. The Bertz CT molecular complexity index is 639. The van der Waals surface area contributed by atoms with Crippen LogP contribution in [0, 0.1) is 5.92 Å². The molecule has 1 fully saturated rings. The fourth-order valence-corrected chi connectivity index (χ4v) is 3.13. The van der Waals surface area contributed by atoms with Gasteiger partial charge in [0.15, 0.2) is 5.96 Å². The topological polar surface area (TPSA) is 72.4 Å². The number of guanidine groups is 1. The van der Waals surface area contributed by atoms with Crippen molar-refractivity contribution in [3.05, 3.63) is 23.8 Å². The van der Waals surface area contributed by atoms with Gasteiger partial charge in [-0.15, -0.1) is 24.0 Å². The number of hydrogen-bond donors (Lipinski definition) is 1. The number of rotatable bonds is 6. The van der Waals surface area contributed by atoms with E-state index in [2.05, 4.69) is 15.2 Å². The molecular weight excluding hydrogens is 461 g/mol. The molecule has 1 aromatic carbocycles. The zero-order valence-corrected chi connectivity index (χ0v) is 18.8. The first-order valence-corrected chi connectivity index (χ1v) is 8.96. The minimum Gasteiger partial charge on any atom is -0.497 e. The van der Waals surface area contributed by atoms with E-state index in [-0.39, 0.29) is 35.9 Å². The summed E-state index contributed by atoms with van der Waals surface area (Å²) in [6, 6.07) is 5.73. The van der Waals surface area contributed by atoms with Crippen LogP contribution in [0.3, 0.4) is 0 Å². The molecule has 0 amide bonds. The van der Waals surface area contributed by atoms with E-state index in [0.29, 0.717) is 19.7 Å². The molecule has 1 heterocycles. The summed E-state index contributed by atoms with van der Waals surface area (Å²) in [6.45, 7) is 4.31. The lowest BCUT2D eigenvalue weighted by Crippen LogP contribution is -2.48. The molecule has 1 aromatic rings. The number of hydrogen-bond acceptors (Lipinski definition) is 5. The summed E-state index contributed by atoms with van der Waals surface area (Å²) in [7, 11) is 5.02. The number of likely N-dealkylation sites (tertiary alicyclic amines) is 1. The fourth-order valence-electron chi connectivity index (χ4n) is 3.13. The number of methoxy groups -OCH3 is 2. The highest BCUT2D eigenvalue weighted by Gasteiger charge is 2.28. The van der Waals surface area contributed by atoms with Crippen LogP contribution in [0.15, 0.2) is 23.2 Å². The van der Waals surface area contributed by atoms with Gasteiger partial charge in [0.05, 0.1) is 26.7 Å². The Labute approximate surface area is 178 Å². The third kappa shape index (κ3) is 6.44. The first-order chi connectivity index (χ1) is 12.6. The molecule has 1 atom stereocenters. The summed E-state index contributed by atoms with van der Waals surface area (Å²) in [6.07, 6.45) is 1.80. The fraction of sp³-hybridized carbons (Fsp3) is 0.579. The number of nitrogens with one attached hydrogen (secondary N) is 1. The Hall–Kier alpha value is -1.71. The summed E-state index contributed by atoms with van der Waals surface area (Å²) in [5.41, 5.74) is 1.01. The van der Waals surface area contributed by atoms with E-state index in [1.165, 1.54) is 0 Å². The maximum absolute atomic E-state index is 12.0. The number of nitrogens with zero attached hydrogens (tertiary/aromatic N) is 2. The Morgan fingerprint density at radius 2 is 2.11 bits per heavy atom. The number of halogens is 1. The van der Waals surface area contributed by atoms with Crippen molar-refractivity contribution in [2.45, 2.75) is 26.3 Å². The molecule has 0 bridgehead atoms. The minimum atomic E-state index is -0.121. The Kier molecular flexibility index (Phi) is 10.3. The van der Waals surface area contributed by atoms with Crippen LogP contribution in [0.4, 0.5) is 0 Å². The van der Waals surface area contributed by atoms with Gasteiger partial charge in [-0.05, 0) is 31.9 Å². The van der Waals surface area contributed by atoms with Crippen molar-refractivity contribution in [3.63, 3.8) is 0 Å². The van der Waals surface area contributed by atoms with Gasteiger partial charge in [-0.2, -0.15) is 0 Å². The average molecular weight is 491 g/mol. The molecule has 1 aliphatic rings. The van der Waals surface area contributed by atoms with Crippen LogP contribution in [-0.4, -0.2) is 57.8 Å². The number of carbonyl (C=O) groups excluding carboxylic acids is 1. The van der Waals surface area contributed by atoms with Crippen molar-refractivity contribution in [3.8, 4) is 11.5 Å². The molecular formula is C19H30IN3O4. The van der Waals surface area contributed by atoms with Crippen molar-refractivity contribution < 1.29 is 19.0 Å². The highest BCUT2D eigenvalue weighted by Crippen LogP contribution is 2.24. The predicted molar refractivity (Wildman–Crippen MR) is 116 cm³/mol. The number of aliphatic imine (C=N–C) groups is 1. The highest BCUT2D eigenvalue weighted by molar-refractivity contribution is 14.0. The molecule has 1 aliphatic heterocycles. The van der Waals surface area contributed by atoms with Crippen molar-refractivity contribution in [1.29, 1.82) is 0 Å². The van der Waals surface area contributed by atoms with Crippen LogP contribution in [0.2, 0.25) is 0 Å². The van der Waals surface area contributed by atoms with Gasteiger partial charge in [0.2, 0.25) is 0 Å². The normalized spacial score (nSPS) is 17.0. The predicted octanol–water partition coefficient (Wildman–Crippen LogP) is 2.67. The van der Waals surface area contributed by atoms with Gasteiger partial charge < -0.3 is 24.4 Å². The van der Waals surface area contributed by atoms with Crippen LogP contribution < -0.4 is 14.8 Å². The van der Waals surface area contributed by atoms with E-state index in [9.17, 15) is 4.79 Å². The lowest BCUT2D eigenvalue weighted by molar-refractivity contribution is -0.149. The molecule has 0 spiro atoms. The summed E-state index contributed by atoms with van der Waals surface area (Å²) in [5.74, 6) is 2.07. The zero-order chi connectivity index (χ0) is 18.9. The lowest BCUT2D eigenvalue weighted by Gasteiger charge is -2.34. The van der Waals surface area contributed by atoms with Crippen LogP contribution in [-0.2, 0) is 16.1 Å². The van der Waals surface area contributed by atoms with Gasteiger partial charge >= 0.3 is 5.97 Å². The molecule has 8 heteroatoms. The summed E-state index contributed by atoms with van der Waals surface area (Å²) in [5, 5.41) is 3.36. The number of piperidine rings is 1. The summed E-state index contributed by atoms with van der Waals surface area (Å²) in [4.78, 5) is 18.5. The second kappa shape index (κ2) is 11.9. The van der Waals surface area contributed by atoms with Gasteiger partial charge in [0.25, 0.3) is 0 Å². The molecule has 7 nitrogen and oxygen atoms in total. The van der Waals surface area contributed by atoms with Crippen molar-refractivity contribution in [2.75, 3.05) is 41.0 Å². The summed E-state index contributed by atoms with van der Waals surface area (Å²) >= 11 is 0. The van der Waals surface area contributed by atoms with E-state index in [1.807, 2.05) is 25.1 Å². The molecule has 1 N–H and O–H groups in total. The smallest absolute Gasteiger partial charge is 0.310 e. The molecule has 0 saturated carbocycles. The van der Waals surface area contributed by atoms with Crippen molar-refractivity contribution >= 4 is 35.9 Å². The second-order valence-corrected chi connectivity index (χ2v) is 6.12. The number of carbonyl (C=O) groups is 1. The Morgan fingerprint density at radius 3 is 2.74 bits per heavy atom. The molecule has 0 aliphatic carbocycles. The number of esters is 1. The minimum absolute atomic E-state index is 0. The maximum atomic E-state index is 12.0. The van der Waals surface area contributed by atoms with Crippen LogP contribution in [0.1, 0.15) is 25.3 Å². The Morgan fingerprint density at radius 1 is 1.33 bits per heavy atom. The van der Waals surface area contributed by atoms with Crippen LogP contribution in [0.25, 0.3) is 0 Å². The molecule has 1 unspecified atom stereocenters. The first kappa shape index (κ1) is 23.3. The van der Waals surface area contributed by atoms with Crippen molar-refractivity contribution in [2.24, 2.45) is 10.9 Å². The first-order valence-electron chi connectivity index (χ1n) is 8.96. The molecule has 2 rings (SSSR count). The van der Waals surface area contributed by atoms with Gasteiger partial charge in [-0.25, -0.2) is 0 Å². The van der Waals surface area contributed by atoms with E-state index in [1.54, 1.807) is 21.3 Å². The van der Waals surface area contributed by atoms with E-state index in [0.717, 1.165) is 42.4 Å². The van der Waals surface area contributed by atoms with E-state index >= 15 is 0 Å². The van der Waals surface area contributed by atoms with E-state index < -0.39 is 0 Å². The zero-order valence-electron chi connectivity index (χ0n) is 16.5.